The summed E-state index contributed by atoms with van der Waals surface area (Å²) in [5.74, 6) is 0.749. The number of hydrogen-bond acceptors (Lipinski definition) is 5. The van der Waals surface area contributed by atoms with Gasteiger partial charge in [-0.25, -0.2) is 4.98 Å². The Morgan fingerprint density at radius 2 is 1.86 bits per heavy atom. The molecule has 0 radical (unpaired) electrons. The molecule has 1 aromatic rings. The van der Waals surface area contributed by atoms with Crippen LogP contribution in [-0.4, -0.2) is 40.2 Å². The number of rotatable bonds is 4. The maximum absolute atomic E-state index is 8.81. The second kappa shape index (κ2) is 4.92. The van der Waals surface area contributed by atoms with Crippen molar-refractivity contribution in [1.29, 1.82) is 0 Å². The minimum absolute atomic E-state index is 0.168. The maximum atomic E-state index is 8.81. The van der Waals surface area contributed by atoms with Crippen LogP contribution < -0.4 is 10.5 Å². The Balaban J connectivity index is 2.81. The molecule has 0 saturated heterocycles. The summed E-state index contributed by atoms with van der Waals surface area (Å²) in [5, 5.41) is 17.6. The van der Waals surface area contributed by atoms with Crippen molar-refractivity contribution in [3.63, 3.8) is 0 Å². The number of aromatic nitrogens is 2. The molecule has 0 aliphatic heterocycles. The lowest BCUT2D eigenvalue weighted by Crippen LogP contribution is -2.34. The van der Waals surface area contributed by atoms with E-state index >= 15 is 0 Å². The highest BCUT2D eigenvalue weighted by Gasteiger charge is 2.13. The second-order valence-electron chi connectivity index (χ2n) is 2.85. The van der Waals surface area contributed by atoms with Crippen molar-refractivity contribution in [1.82, 2.24) is 9.97 Å². The highest BCUT2D eigenvalue weighted by atomic mass is 16.4. The lowest BCUT2D eigenvalue weighted by Gasteiger charge is -2.18. The minimum Gasteiger partial charge on any atom is -0.422 e. The fourth-order valence-corrected chi connectivity index (χ4v) is 1.18. The molecule has 0 saturated carbocycles. The molecule has 0 aliphatic rings. The third kappa shape index (κ3) is 2.43. The molecule has 2 N–H and O–H groups in total. The van der Waals surface area contributed by atoms with Crippen LogP contribution in [0.5, 0.6) is 0 Å². The third-order valence-electron chi connectivity index (χ3n) is 2.01. The molecule has 0 aliphatic carbocycles. The quantitative estimate of drug-likeness (QED) is 0.603. The van der Waals surface area contributed by atoms with E-state index in [1.165, 1.54) is 6.20 Å². The molecular formula is C8H14BN3O2. The van der Waals surface area contributed by atoms with Crippen LogP contribution in [0.25, 0.3) is 0 Å². The zero-order valence-electron chi connectivity index (χ0n) is 8.38. The lowest BCUT2D eigenvalue weighted by atomic mass is 9.87. The van der Waals surface area contributed by atoms with Crippen LogP contribution in [0.15, 0.2) is 12.4 Å². The highest BCUT2D eigenvalue weighted by Crippen LogP contribution is 2.05. The van der Waals surface area contributed by atoms with Gasteiger partial charge in [0.15, 0.2) is 0 Å². The summed E-state index contributed by atoms with van der Waals surface area (Å²) in [6.07, 6.45) is 2.92. The van der Waals surface area contributed by atoms with Crippen molar-refractivity contribution in [2.45, 2.75) is 13.8 Å². The van der Waals surface area contributed by atoms with E-state index in [4.69, 9.17) is 10.0 Å². The van der Waals surface area contributed by atoms with Crippen LogP contribution in [0.1, 0.15) is 13.8 Å². The summed E-state index contributed by atoms with van der Waals surface area (Å²) < 4.78 is 0. The van der Waals surface area contributed by atoms with E-state index in [0.29, 0.717) is 0 Å². The SMILES string of the molecule is CCN(CC)c1cnc(B(O)O)cn1. The summed E-state index contributed by atoms with van der Waals surface area (Å²) in [6.45, 7) is 5.76. The maximum Gasteiger partial charge on any atom is 0.509 e. The zero-order chi connectivity index (χ0) is 10.6. The second-order valence-corrected chi connectivity index (χ2v) is 2.85. The van der Waals surface area contributed by atoms with Gasteiger partial charge in [-0.15, -0.1) is 0 Å². The highest BCUT2D eigenvalue weighted by molar-refractivity contribution is 6.57. The Morgan fingerprint density at radius 1 is 1.21 bits per heavy atom. The molecule has 14 heavy (non-hydrogen) atoms. The van der Waals surface area contributed by atoms with Gasteiger partial charge in [-0.1, -0.05) is 0 Å². The third-order valence-corrected chi connectivity index (χ3v) is 2.01. The number of nitrogens with zero attached hydrogens (tertiary/aromatic N) is 3. The van der Waals surface area contributed by atoms with Crippen LogP contribution in [0.3, 0.4) is 0 Å². The molecule has 0 unspecified atom stereocenters. The largest absolute Gasteiger partial charge is 0.509 e. The normalized spacial score (nSPS) is 10.0. The molecule has 1 aromatic heterocycles. The standard InChI is InChI=1S/C8H14BN3O2/c1-3-12(4-2)8-6-10-7(5-11-8)9(13)14/h5-6,13-14H,3-4H2,1-2H3. The first-order valence-corrected chi connectivity index (χ1v) is 4.62. The molecule has 0 aromatic carbocycles. The first kappa shape index (κ1) is 10.9. The van der Waals surface area contributed by atoms with Gasteiger partial charge in [0.1, 0.15) is 5.82 Å². The molecule has 0 spiro atoms. The lowest BCUT2D eigenvalue weighted by molar-refractivity contribution is 0.424. The molecule has 1 rings (SSSR count). The molecule has 5 nitrogen and oxygen atoms in total. The molecule has 0 fully saturated rings. The Labute approximate surface area is 83.6 Å². The topological polar surface area (TPSA) is 69.5 Å². The Morgan fingerprint density at radius 3 is 2.21 bits per heavy atom. The van der Waals surface area contributed by atoms with Crippen LogP contribution in [0, 0.1) is 0 Å². The monoisotopic (exact) mass is 195 g/mol. The first-order chi connectivity index (χ1) is 6.69. The average Bonchev–Trinajstić information content (AvgIpc) is 2.20. The van der Waals surface area contributed by atoms with Crippen molar-refractivity contribution in [3.8, 4) is 0 Å². The molecule has 6 heteroatoms. The summed E-state index contributed by atoms with van der Waals surface area (Å²) in [6, 6.07) is 0. The van der Waals surface area contributed by atoms with Crippen LogP contribution in [0.2, 0.25) is 0 Å². The van der Waals surface area contributed by atoms with E-state index in [-0.39, 0.29) is 5.59 Å². The first-order valence-electron chi connectivity index (χ1n) is 4.62. The van der Waals surface area contributed by atoms with Gasteiger partial charge in [0.2, 0.25) is 0 Å². The van der Waals surface area contributed by atoms with Gasteiger partial charge in [-0.3, -0.25) is 4.98 Å². The zero-order valence-corrected chi connectivity index (χ0v) is 8.38. The van der Waals surface area contributed by atoms with E-state index in [0.717, 1.165) is 18.9 Å². The molecule has 0 amide bonds. The molecule has 0 bridgehead atoms. The predicted molar refractivity (Wildman–Crippen MR) is 55.4 cm³/mol. The molecule has 0 atom stereocenters. The van der Waals surface area contributed by atoms with Gasteiger partial charge in [0, 0.05) is 19.3 Å². The molecular weight excluding hydrogens is 181 g/mol. The smallest absolute Gasteiger partial charge is 0.422 e. The van der Waals surface area contributed by atoms with Crippen molar-refractivity contribution in [2.75, 3.05) is 18.0 Å². The van der Waals surface area contributed by atoms with Crippen LogP contribution >= 0.6 is 0 Å². The number of anilines is 1. The van der Waals surface area contributed by atoms with Crippen LogP contribution in [0.4, 0.5) is 5.82 Å². The van der Waals surface area contributed by atoms with E-state index in [1.54, 1.807) is 6.20 Å². The van der Waals surface area contributed by atoms with Gasteiger partial charge >= 0.3 is 7.12 Å². The van der Waals surface area contributed by atoms with E-state index in [1.807, 2.05) is 18.7 Å². The van der Waals surface area contributed by atoms with Crippen molar-refractivity contribution in [3.05, 3.63) is 12.4 Å². The van der Waals surface area contributed by atoms with Gasteiger partial charge in [0.05, 0.1) is 11.8 Å². The van der Waals surface area contributed by atoms with E-state index in [9.17, 15) is 0 Å². The number of hydrogen-bond donors (Lipinski definition) is 2. The van der Waals surface area contributed by atoms with Crippen molar-refractivity contribution in [2.24, 2.45) is 0 Å². The summed E-state index contributed by atoms with van der Waals surface area (Å²) in [4.78, 5) is 10.0. The molecule has 76 valence electrons. The van der Waals surface area contributed by atoms with Crippen LogP contribution in [-0.2, 0) is 0 Å². The Kier molecular flexibility index (Phi) is 3.85. The Hall–Kier alpha value is -1.14. The Bertz CT molecular complexity index is 274. The summed E-state index contributed by atoms with van der Waals surface area (Å²) >= 11 is 0. The van der Waals surface area contributed by atoms with E-state index < -0.39 is 7.12 Å². The van der Waals surface area contributed by atoms with Gasteiger partial charge in [-0.2, -0.15) is 0 Å². The minimum atomic E-state index is -1.55. The summed E-state index contributed by atoms with van der Waals surface area (Å²) in [5.41, 5.74) is 0.168. The molecule has 1 heterocycles. The van der Waals surface area contributed by atoms with Crippen molar-refractivity contribution < 1.29 is 10.0 Å². The average molecular weight is 195 g/mol. The van der Waals surface area contributed by atoms with Gasteiger partial charge in [-0.05, 0) is 13.8 Å². The predicted octanol–water partition coefficient (Wildman–Crippen LogP) is -0.997. The summed E-state index contributed by atoms with van der Waals surface area (Å²) in [7, 11) is -1.55. The van der Waals surface area contributed by atoms with E-state index in [2.05, 4.69) is 9.97 Å². The van der Waals surface area contributed by atoms with Crippen molar-refractivity contribution >= 4 is 18.5 Å². The fourth-order valence-electron chi connectivity index (χ4n) is 1.18. The fraction of sp³-hybridized carbons (Fsp3) is 0.500. The van der Waals surface area contributed by atoms with Gasteiger partial charge < -0.3 is 14.9 Å². The van der Waals surface area contributed by atoms with Gasteiger partial charge in [0.25, 0.3) is 0 Å².